The number of nitrogens with zero attached hydrogens (tertiary/aromatic N) is 1. The van der Waals surface area contributed by atoms with Crippen molar-refractivity contribution in [3.05, 3.63) is 47.3 Å². The zero-order chi connectivity index (χ0) is 17.6. The molecule has 2 aliphatic rings. The Morgan fingerprint density at radius 1 is 1.40 bits per heavy atom. The maximum Gasteiger partial charge on any atom is 0.257 e. The Morgan fingerprint density at radius 2 is 2.24 bits per heavy atom. The second kappa shape index (κ2) is 5.79. The van der Waals surface area contributed by atoms with Gasteiger partial charge in [0.15, 0.2) is 0 Å². The van der Waals surface area contributed by atoms with E-state index in [1.54, 1.807) is 18.4 Å². The lowest BCUT2D eigenvalue weighted by Crippen LogP contribution is -2.31. The number of furan rings is 2. The van der Waals surface area contributed by atoms with Gasteiger partial charge in [-0.2, -0.15) is 0 Å². The molecule has 1 saturated heterocycles. The third kappa shape index (κ3) is 2.86. The van der Waals surface area contributed by atoms with E-state index >= 15 is 0 Å². The van der Waals surface area contributed by atoms with Gasteiger partial charge in [-0.1, -0.05) is 0 Å². The van der Waals surface area contributed by atoms with Crippen molar-refractivity contribution in [2.24, 2.45) is 11.3 Å². The zero-order valence-corrected chi connectivity index (χ0v) is 14.5. The van der Waals surface area contributed by atoms with Crippen LogP contribution in [-0.4, -0.2) is 29.8 Å². The van der Waals surface area contributed by atoms with Crippen LogP contribution in [-0.2, 0) is 11.3 Å². The Balaban J connectivity index is 1.35. The molecule has 3 heterocycles. The minimum atomic E-state index is -0.0460. The van der Waals surface area contributed by atoms with Gasteiger partial charge in [0.1, 0.15) is 17.3 Å². The number of hydrogen-bond donors (Lipinski definition) is 1. The van der Waals surface area contributed by atoms with Gasteiger partial charge in [0, 0.05) is 24.4 Å². The van der Waals surface area contributed by atoms with E-state index < -0.39 is 0 Å². The molecule has 0 aromatic carbocycles. The summed E-state index contributed by atoms with van der Waals surface area (Å²) >= 11 is 0. The lowest BCUT2D eigenvalue weighted by Gasteiger charge is -2.16. The Labute approximate surface area is 146 Å². The van der Waals surface area contributed by atoms with E-state index in [0.29, 0.717) is 31.0 Å². The molecule has 2 amide bonds. The highest BCUT2D eigenvalue weighted by atomic mass is 16.3. The largest absolute Gasteiger partial charge is 0.467 e. The molecule has 2 aromatic heterocycles. The fraction of sp³-hybridized carbons (Fsp3) is 0.474. The monoisotopic (exact) mass is 342 g/mol. The number of carbonyl (C=O) groups excluding carboxylic acids is 2. The molecule has 25 heavy (non-hydrogen) atoms. The molecule has 1 spiro atoms. The first-order valence-electron chi connectivity index (χ1n) is 8.65. The second-order valence-electron chi connectivity index (χ2n) is 7.22. The summed E-state index contributed by atoms with van der Waals surface area (Å²) in [6.45, 7) is 5.41. The molecule has 2 aromatic rings. The van der Waals surface area contributed by atoms with E-state index in [0.717, 1.165) is 24.4 Å². The molecule has 0 unspecified atom stereocenters. The van der Waals surface area contributed by atoms with Crippen molar-refractivity contribution in [1.29, 1.82) is 0 Å². The summed E-state index contributed by atoms with van der Waals surface area (Å²) in [5, 5.41) is 2.94. The Morgan fingerprint density at radius 3 is 2.92 bits per heavy atom. The molecular weight excluding hydrogens is 320 g/mol. The number of carbonyl (C=O) groups is 2. The van der Waals surface area contributed by atoms with Gasteiger partial charge in [-0.05, 0) is 44.9 Å². The molecule has 1 aliphatic carbocycles. The van der Waals surface area contributed by atoms with Crippen LogP contribution in [0.25, 0.3) is 0 Å². The summed E-state index contributed by atoms with van der Waals surface area (Å²) in [5.74, 6) is 2.21. The third-order valence-electron chi connectivity index (χ3n) is 5.47. The predicted octanol–water partition coefficient (Wildman–Crippen LogP) is 2.66. The fourth-order valence-electron chi connectivity index (χ4n) is 3.96. The number of aryl methyl sites for hydroxylation is 2. The smallest absolute Gasteiger partial charge is 0.257 e. The van der Waals surface area contributed by atoms with Crippen LogP contribution < -0.4 is 5.32 Å². The molecule has 132 valence electrons. The molecule has 1 aliphatic heterocycles. The number of hydrogen-bond acceptors (Lipinski definition) is 4. The molecule has 6 nitrogen and oxygen atoms in total. The zero-order valence-electron chi connectivity index (χ0n) is 14.5. The van der Waals surface area contributed by atoms with Crippen molar-refractivity contribution in [2.45, 2.75) is 33.2 Å². The summed E-state index contributed by atoms with van der Waals surface area (Å²) in [6.07, 6.45) is 3.33. The van der Waals surface area contributed by atoms with Gasteiger partial charge in [-0.25, -0.2) is 0 Å². The van der Waals surface area contributed by atoms with Crippen LogP contribution in [0.1, 0.15) is 40.5 Å². The van der Waals surface area contributed by atoms with Gasteiger partial charge >= 0.3 is 0 Å². The molecule has 0 bridgehead atoms. The highest BCUT2D eigenvalue weighted by Crippen LogP contribution is 2.58. The topological polar surface area (TPSA) is 75.7 Å². The molecule has 2 fully saturated rings. The maximum absolute atomic E-state index is 12.7. The van der Waals surface area contributed by atoms with Crippen LogP contribution in [0.5, 0.6) is 0 Å². The minimum absolute atomic E-state index is 0.00700. The summed E-state index contributed by atoms with van der Waals surface area (Å²) in [6, 6.07) is 5.44. The van der Waals surface area contributed by atoms with Gasteiger partial charge in [0.25, 0.3) is 5.91 Å². The number of amides is 2. The van der Waals surface area contributed by atoms with E-state index in [1.165, 1.54) is 0 Å². The van der Waals surface area contributed by atoms with Crippen molar-refractivity contribution in [3.63, 3.8) is 0 Å². The summed E-state index contributed by atoms with van der Waals surface area (Å²) < 4.78 is 10.7. The van der Waals surface area contributed by atoms with Gasteiger partial charge < -0.3 is 19.1 Å². The molecule has 6 heteroatoms. The quantitative estimate of drug-likeness (QED) is 0.927. The SMILES string of the molecule is Cc1cc(C(=O)N2CC[C@]3(C[C@@H]3C(=O)NCc3ccco3)C2)c(C)o1. The summed E-state index contributed by atoms with van der Waals surface area (Å²) in [7, 11) is 0. The Hall–Kier alpha value is -2.50. The van der Waals surface area contributed by atoms with Crippen LogP contribution in [0.2, 0.25) is 0 Å². The standard InChI is InChI=1S/C19H22N2O4/c1-12-8-15(13(2)25-12)18(23)21-6-5-19(11-21)9-16(19)17(22)20-10-14-4-3-7-24-14/h3-4,7-8,16H,5-6,9-11H2,1-2H3,(H,20,22)/t16-,19+/m1/s1. The first-order chi connectivity index (χ1) is 12.0. The van der Waals surface area contributed by atoms with Crippen LogP contribution in [0.4, 0.5) is 0 Å². The van der Waals surface area contributed by atoms with Gasteiger partial charge in [0.2, 0.25) is 5.91 Å². The Kier molecular flexibility index (Phi) is 3.71. The molecular formula is C19H22N2O4. The van der Waals surface area contributed by atoms with Crippen molar-refractivity contribution in [2.75, 3.05) is 13.1 Å². The van der Waals surface area contributed by atoms with E-state index in [9.17, 15) is 9.59 Å². The molecule has 1 saturated carbocycles. The van der Waals surface area contributed by atoms with Crippen LogP contribution in [0, 0.1) is 25.2 Å². The first kappa shape index (κ1) is 16.0. The molecule has 4 rings (SSSR count). The predicted molar refractivity (Wildman–Crippen MR) is 89.8 cm³/mol. The van der Waals surface area contributed by atoms with E-state index in [1.807, 2.05) is 24.8 Å². The number of rotatable bonds is 4. The summed E-state index contributed by atoms with van der Waals surface area (Å²) in [5.41, 5.74) is 0.587. The lowest BCUT2D eigenvalue weighted by molar-refractivity contribution is -0.123. The summed E-state index contributed by atoms with van der Waals surface area (Å²) in [4.78, 5) is 27.0. The van der Waals surface area contributed by atoms with E-state index in [4.69, 9.17) is 8.83 Å². The molecule has 0 radical (unpaired) electrons. The van der Waals surface area contributed by atoms with Crippen molar-refractivity contribution in [3.8, 4) is 0 Å². The Bertz CT molecular complexity index is 808. The number of nitrogens with one attached hydrogen (secondary N) is 1. The third-order valence-corrected chi connectivity index (χ3v) is 5.47. The van der Waals surface area contributed by atoms with Gasteiger partial charge in [-0.3, -0.25) is 9.59 Å². The van der Waals surface area contributed by atoms with Gasteiger partial charge in [-0.15, -0.1) is 0 Å². The number of likely N-dealkylation sites (tertiary alicyclic amines) is 1. The van der Waals surface area contributed by atoms with Crippen LogP contribution >= 0.6 is 0 Å². The first-order valence-corrected chi connectivity index (χ1v) is 8.65. The van der Waals surface area contributed by atoms with Crippen LogP contribution in [0.3, 0.4) is 0 Å². The maximum atomic E-state index is 12.7. The lowest BCUT2D eigenvalue weighted by atomic mass is 10.0. The van der Waals surface area contributed by atoms with Crippen LogP contribution in [0.15, 0.2) is 33.3 Å². The highest BCUT2D eigenvalue weighted by Gasteiger charge is 2.61. The van der Waals surface area contributed by atoms with E-state index in [2.05, 4.69) is 5.32 Å². The average molecular weight is 342 g/mol. The van der Waals surface area contributed by atoms with Crippen molar-refractivity contribution in [1.82, 2.24) is 10.2 Å². The van der Waals surface area contributed by atoms with Crippen molar-refractivity contribution < 1.29 is 18.4 Å². The van der Waals surface area contributed by atoms with E-state index in [-0.39, 0.29) is 23.1 Å². The fourth-order valence-corrected chi connectivity index (χ4v) is 3.96. The van der Waals surface area contributed by atoms with Gasteiger partial charge in [0.05, 0.1) is 18.4 Å². The average Bonchev–Trinajstić information content (AvgIpc) is 2.97. The molecule has 1 N–H and O–H groups in total. The molecule has 2 atom stereocenters. The second-order valence-corrected chi connectivity index (χ2v) is 7.22. The highest BCUT2D eigenvalue weighted by molar-refractivity contribution is 5.95. The minimum Gasteiger partial charge on any atom is -0.467 e. The normalized spacial score (nSPS) is 24.7. The van der Waals surface area contributed by atoms with Crippen molar-refractivity contribution >= 4 is 11.8 Å².